The maximum absolute atomic E-state index is 5.55. The molecular formula is C14H23NO. The summed E-state index contributed by atoms with van der Waals surface area (Å²) >= 11 is 0. The molecule has 2 nitrogen and oxygen atoms in total. The van der Waals surface area contributed by atoms with Crippen molar-refractivity contribution in [3.05, 3.63) is 29.8 Å². The van der Waals surface area contributed by atoms with E-state index >= 15 is 0 Å². The van der Waals surface area contributed by atoms with Gasteiger partial charge < -0.3 is 10.1 Å². The Hall–Kier alpha value is -1.02. The van der Waals surface area contributed by atoms with Crippen molar-refractivity contribution in [2.45, 2.75) is 40.4 Å². The molecule has 1 aromatic carbocycles. The first-order valence-electron chi connectivity index (χ1n) is 6.02. The van der Waals surface area contributed by atoms with Gasteiger partial charge in [0.1, 0.15) is 0 Å². The van der Waals surface area contributed by atoms with Gasteiger partial charge in [-0.25, -0.2) is 0 Å². The molecule has 0 saturated carbocycles. The summed E-state index contributed by atoms with van der Waals surface area (Å²) in [5.41, 5.74) is 2.41. The first-order valence-corrected chi connectivity index (χ1v) is 6.02. The van der Waals surface area contributed by atoms with Gasteiger partial charge in [0.15, 0.2) is 0 Å². The van der Waals surface area contributed by atoms with Gasteiger partial charge in [0.25, 0.3) is 0 Å². The fraction of sp³-hybridized carbons (Fsp3) is 0.571. The highest BCUT2D eigenvalue weighted by Gasteiger charge is 1.98. The van der Waals surface area contributed by atoms with Gasteiger partial charge in [-0.15, -0.1) is 0 Å². The largest absolute Gasteiger partial charge is 0.385 e. The first kappa shape index (κ1) is 13.0. The quantitative estimate of drug-likeness (QED) is 0.791. The average molecular weight is 221 g/mol. The van der Waals surface area contributed by atoms with Gasteiger partial charge in [-0.2, -0.15) is 0 Å². The topological polar surface area (TPSA) is 21.3 Å². The summed E-state index contributed by atoms with van der Waals surface area (Å²) in [5, 5.41) is 3.40. The van der Waals surface area contributed by atoms with Crippen molar-refractivity contribution in [2.24, 2.45) is 5.92 Å². The molecule has 0 saturated heterocycles. The molecule has 0 radical (unpaired) electrons. The molecule has 1 rings (SSSR count). The van der Waals surface area contributed by atoms with Gasteiger partial charge >= 0.3 is 0 Å². The molecule has 0 aliphatic rings. The van der Waals surface area contributed by atoms with E-state index < -0.39 is 0 Å². The lowest BCUT2D eigenvalue weighted by atomic mass is 10.2. The molecule has 1 N–H and O–H groups in total. The van der Waals surface area contributed by atoms with Crippen LogP contribution < -0.4 is 5.32 Å². The highest BCUT2D eigenvalue weighted by Crippen LogP contribution is 2.11. The second-order valence-corrected chi connectivity index (χ2v) is 4.83. The van der Waals surface area contributed by atoms with Crippen LogP contribution in [0.25, 0.3) is 0 Å². The predicted octanol–water partition coefficient (Wildman–Crippen LogP) is 3.68. The van der Waals surface area contributed by atoms with Crippen LogP contribution in [0.5, 0.6) is 0 Å². The molecule has 0 bridgehead atoms. The lowest BCUT2D eigenvalue weighted by Crippen LogP contribution is -2.08. The fourth-order valence-electron chi connectivity index (χ4n) is 1.30. The van der Waals surface area contributed by atoms with Gasteiger partial charge in [-0.05, 0) is 37.5 Å². The predicted molar refractivity (Wildman–Crippen MR) is 69.7 cm³/mol. The smallest absolute Gasteiger partial charge is 0.0720 e. The lowest BCUT2D eigenvalue weighted by molar-refractivity contribution is 0.0657. The molecule has 0 aliphatic carbocycles. The minimum absolute atomic E-state index is 0.291. The van der Waals surface area contributed by atoms with Gasteiger partial charge in [0.2, 0.25) is 0 Å². The second-order valence-electron chi connectivity index (χ2n) is 4.83. The van der Waals surface area contributed by atoms with E-state index in [1.165, 1.54) is 11.3 Å². The Bertz CT molecular complexity index is 259. The number of rotatable bonds is 6. The normalized spacial score (nSPS) is 11.1. The minimum atomic E-state index is 0.291. The van der Waals surface area contributed by atoms with Gasteiger partial charge in [0.05, 0.1) is 12.7 Å². The van der Waals surface area contributed by atoms with Crippen LogP contribution in [-0.2, 0) is 11.3 Å². The molecule has 0 amide bonds. The Morgan fingerprint density at radius 1 is 1.06 bits per heavy atom. The molecule has 0 aromatic heterocycles. The summed E-state index contributed by atoms with van der Waals surface area (Å²) in [6.45, 7) is 10.2. The number of hydrogen-bond donors (Lipinski definition) is 1. The maximum Gasteiger partial charge on any atom is 0.0720 e. The Morgan fingerprint density at radius 3 is 2.19 bits per heavy atom. The Morgan fingerprint density at radius 2 is 1.69 bits per heavy atom. The summed E-state index contributed by atoms with van der Waals surface area (Å²) in [6, 6.07) is 8.46. The van der Waals surface area contributed by atoms with Crippen molar-refractivity contribution in [3.8, 4) is 0 Å². The molecule has 2 heteroatoms. The SMILES string of the molecule is CC(C)CNc1ccc(COC(C)C)cc1. The van der Waals surface area contributed by atoms with E-state index in [0.29, 0.717) is 18.6 Å². The number of hydrogen-bond acceptors (Lipinski definition) is 2. The van der Waals surface area contributed by atoms with Crippen LogP contribution >= 0.6 is 0 Å². The van der Waals surface area contributed by atoms with E-state index in [1.807, 2.05) is 0 Å². The molecule has 0 atom stereocenters. The van der Waals surface area contributed by atoms with Crippen molar-refractivity contribution < 1.29 is 4.74 Å². The summed E-state index contributed by atoms with van der Waals surface area (Å²) in [6.07, 6.45) is 0.291. The Balaban J connectivity index is 2.41. The van der Waals surface area contributed by atoms with Crippen molar-refractivity contribution in [1.82, 2.24) is 0 Å². The zero-order valence-corrected chi connectivity index (χ0v) is 10.8. The number of nitrogens with one attached hydrogen (secondary N) is 1. The van der Waals surface area contributed by atoms with Crippen molar-refractivity contribution in [1.29, 1.82) is 0 Å². The van der Waals surface area contributed by atoms with E-state index in [1.54, 1.807) is 0 Å². The molecule has 0 heterocycles. The monoisotopic (exact) mass is 221 g/mol. The first-order chi connectivity index (χ1) is 7.58. The van der Waals surface area contributed by atoms with Crippen LogP contribution in [0.2, 0.25) is 0 Å². The molecule has 0 aliphatic heterocycles. The van der Waals surface area contributed by atoms with Gasteiger partial charge in [-0.3, -0.25) is 0 Å². The Kier molecular flexibility index (Phi) is 5.33. The van der Waals surface area contributed by atoms with E-state index in [9.17, 15) is 0 Å². The highest BCUT2D eigenvalue weighted by atomic mass is 16.5. The molecule has 0 fully saturated rings. The fourth-order valence-corrected chi connectivity index (χ4v) is 1.30. The van der Waals surface area contributed by atoms with Crippen LogP contribution in [-0.4, -0.2) is 12.6 Å². The van der Waals surface area contributed by atoms with Crippen molar-refractivity contribution >= 4 is 5.69 Å². The maximum atomic E-state index is 5.55. The molecule has 0 spiro atoms. The van der Waals surface area contributed by atoms with Crippen LogP contribution in [0.4, 0.5) is 5.69 Å². The third-order valence-electron chi connectivity index (χ3n) is 2.25. The third kappa shape index (κ3) is 5.17. The summed E-state index contributed by atoms with van der Waals surface area (Å²) in [7, 11) is 0. The van der Waals surface area contributed by atoms with Crippen LogP contribution in [0.1, 0.15) is 33.3 Å². The minimum Gasteiger partial charge on any atom is -0.385 e. The molecule has 16 heavy (non-hydrogen) atoms. The van der Waals surface area contributed by atoms with E-state index in [-0.39, 0.29) is 0 Å². The molecule has 0 unspecified atom stereocenters. The van der Waals surface area contributed by atoms with Crippen molar-refractivity contribution in [3.63, 3.8) is 0 Å². The number of benzene rings is 1. The summed E-state index contributed by atoms with van der Waals surface area (Å²) < 4.78 is 5.55. The van der Waals surface area contributed by atoms with Crippen LogP contribution in [0.3, 0.4) is 0 Å². The molecular weight excluding hydrogens is 198 g/mol. The standard InChI is InChI=1S/C14H23NO/c1-11(2)9-15-14-7-5-13(6-8-14)10-16-12(3)4/h5-8,11-12,15H,9-10H2,1-4H3. The average Bonchev–Trinajstić information content (AvgIpc) is 2.25. The Labute approximate surface area is 99.0 Å². The zero-order chi connectivity index (χ0) is 12.0. The zero-order valence-electron chi connectivity index (χ0n) is 10.8. The van der Waals surface area contributed by atoms with E-state index in [2.05, 4.69) is 57.3 Å². The molecule has 1 aromatic rings. The van der Waals surface area contributed by atoms with Gasteiger partial charge in [-0.1, -0.05) is 26.0 Å². The van der Waals surface area contributed by atoms with Crippen molar-refractivity contribution in [2.75, 3.05) is 11.9 Å². The van der Waals surface area contributed by atoms with Crippen LogP contribution in [0, 0.1) is 5.92 Å². The van der Waals surface area contributed by atoms with Crippen LogP contribution in [0.15, 0.2) is 24.3 Å². The van der Waals surface area contributed by atoms with E-state index in [4.69, 9.17) is 4.74 Å². The second kappa shape index (κ2) is 6.54. The third-order valence-corrected chi connectivity index (χ3v) is 2.25. The number of ether oxygens (including phenoxy) is 1. The summed E-state index contributed by atoms with van der Waals surface area (Å²) in [4.78, 5) is 0. The highest BCUT2D eigenvalue weighted by molar-refractivity contribution is 5.44. The lowest BCUT2D eigenvalue weighted by Gasteiger charge is -2.10. The number of anilines is 1. The molecule has 90 valence electrons. The van der Waals surface area contributed by atoms with E-state index in [0.717, 1.165) is 6.54 Å². The van der Waals surface area contributed by atoms with Gasteiger partial charge in [0, 0.05) is 12.2 Å². The summed E-state index contributed by atoms with van der Waals surface area (Å²) in [5.74, 6) is 0.670.